The Kier molecular flexibility index (Phi) is 4.41. The molecule has 4 heteroatoms. The molecular formula is C13H16N2O2. The maximum atomic E-state index is 11.8. The van der Waals surface area contributed by atoms with Gasteiger partial charge in [-0.3, -0.25) is 4.79 Å². The molecule has 3 N–H and O–H groups in total. The third kappa shape index (κ3) is 3.42. The van der Waals surface area contributed by atoms with E-state index in [0.29, 0.717) is 23.4 Å². The summed E-state index contributed by atoms with van der Waals surface area (Å²) in [6, 6.07) is 4.84. The third-order valence-electron chi connectivity index (χ3n) is 2.29. The lowest BCUT2D eigenvalue weighted by molar-refractivity contribution is 0.0941. The van der Waals surface area contributed by atoms with Crippen molar-refractivity contribution in [3.05, 3.63) is 23.8 Å². The number of methoxy groups -OCH3 is 1. The molecule has 1 unspecified atom stereocenters. The molecule has 0 saturated heterocycles. The highest BCUT2D eigenvalue weighted by Gasteiger charge is 2.10. The van der Waals surface area contributed by atoms with E-state index in [9.17, 15) is 4.79 Å². The van der Waals surface area contributed by atoms with Crippen LogP contribution in [0.15, 0.2) is 18.2 Å². The number of nitrogens with two attached hydrogens (primary N) is 1. The summed E-state index contributed by atoms with van der Waals surface area (Å²) < 4.78 is 5.02. The van der Waals surface area contributed by atoms with E-state index in [4.69, 9.17) is 16.9 Å². The number of carbonyl (C=O) groups excluding carboxylic acids is 1. The number of hydrogen-bond donors (Lipinski definition) is 2. The molecule has 1 aromatic carbocycles. The van der Waals surface area contributed by atoms with Gasteiger partial charge in [-0.15, -0.1) is 12.3 Å². The number of rotatable bonds is 4. The predicted octanol–water partition coefficient (Wildman–Crippen LogP) is 1.42. The quantitative estimate of drug-likeness (QED) is 0.609. The largest absolute Gasteiger partial charge is 0.495 e. The van der Waals surface area contributed by atoms with Crippen molar-refractivity contribution in [2.75, 3.05) is 12.8 Å². The number of carbonyl (C=O) groups is 1. The fourth-order valence-corrected chi connectivity index (χ4v) is 1.41. The summed E-state index contributed by atoms with van der Waals surface area (Å²) in [4.78, 5) is 11.8. The lowest BCUT2D eigenvalue weighted by atomic mass is 10.1. The van der Waals surface area contributed by atoms with Gasteiger partial charge in [-0.1, -0.05) is 0 Å². The van der Waals surface area contributed by atoms with Crippen molar-refractivity contribution >= 4 is 11.6 Å². The van der Waals surface area contributed by atoms with Crippen LogP contribution in [0.1, 0.15) is 23.7 Å². The first kappa shape index (κ1) is 12.9. The second-order valence-corrected chi connectivity index (χ2v) is 3.74. The molecule has 17 heavy (non-hydrogen) atoms. The summed E-state index contributed by atoms with van der Waals surface area (Å²) in [6.45, 7) is 1.85. The number of benzene rings is 1. The van der Waals surface area contributed by atoms with Crippen molar-refractivity contribution in [3.63, 3.8) is 0 Å². The zero-order valence-corrected chi connectivity index (χ0v) is 9.99. The van der Waals surface area contributed by atoms with Gasteiger partial charge in [0.2, 0.25) is 0 Å². The molecular weight excluding hydrogens is 216 g/mol. The molecule has 0 bridgehead atoms. The first-order chi connectivity index (χ1) is 8.08. The van der Waals surface area contributed by atoms with Crippen molar-refractivity contribution in [3.8, 4) is 18.1 Å². The third-order valence-corrected chi connectivity index (χ3v) is 2.29. The number of anilines is 1. The second-order valence-electron chi connectivity index (χ2n) is 3.74. The fraction of sp³-hybridized carbons (Fsp3) is 0.308. The zero-order chi connectivity index (χ0) is 12.8. The Morgan fingerprint density at radius 3 is 2.88 bits per heavy atom. The number of nitrogen functional groups attached to an aromatic ring is 1. The van der Waals surface area contributed by atoms with Crippen LogP contribution in [0.4, 0.5) is 5.69 Å². The Morgan fingerprint density at radius 1 is 1.65 bits per heavy atom. The lowest BCUT2D eigenvalue weighted by Gasteiger charge is -2.12. The van der Waals surface area contributed by atoms with Gasteiger partial charge in [-0.05, 0) is 25.1 Å². The Bertz CT molecular complexity index is 449. The van der Waals surface area contributed by atoms with Gasteiger partial charge in [0.15, 0.2) is 0 Å². The normalized spacial score (nSPS) is 11.4. The van der Waals surface area contributed by atoms with E-state index >= 15 is 0 Å². The molecule has 1 rings (SSSR count). The SMILES string of the molecule is C#CCC(C)NC(=O)c1ccc(OC)c(N)c1. The molecule has 1 amide bonds. The summed E-state index contributed by atoms with van der Waals surface area (Å²) in [5.74, 6) is 2.86. The van der Waals surface area contributed by atoms with E-state index in [2.05, 4.69) is 11.2 Å². The highest BCUT2D eigenvalue weighted by atomic mass is 16.5. The molecule has 0 spiro atoms. The van der Waals surface area contributed by atoms with E-state index in [-0.39, 0.29) is 11.9 Å². The predicted molar refractivity (Wildman–Crippen MR) is 67.8 cm³/mol. The number of terminal acetylenes is 1. The first-order valence-corrected chi connectivity index (χ1v) is 5.26. The number of nitrogens with one attached hydrogen (secondary N) is 1. The molecule has 0 radical (unpaired) electrons. The van der Waals surface area contributed by atoms with Gasteiger partial charge in [0.1, 0.15) is 5.75 Å². The highest BCUT2D eigenvalue weighted by Crippen LogP contribution is 2.21. The topological polar surface area (TPSA) is 64.3 Å². The first-order valence-electron chi connectivity index (χ1n) is 5.26. The van der Waals surface area contributed by atoms with E-state index in [1.54, 1.807) is 18.2 Å². The molecule has 0 fully saturated rings. The van der Waals surface area contributed by atoms with Crippen LogP contribution >= 0.6 is 0 Å². The minimum Gasteiger partial charge on any atom is -0.495 e. The molecule has 0 aromatic heterocycles. The van der Waals surface area contributed by atoms with Gasteiger partial charge in [0.25, 0.3) is 5.91 Å². The Morgan fingerprint density at radius 2 is 2.35 bits per heavy atom. The second kappa shape index (κ2) is 5.80. The van der Waals surface area contributed by atoms with Gasteiger partial charge in [0.05, 0.1) is 12.8 Å². The summed E-state index contributed by atoms with van der Waals surface area (Å²) >= 11 is 0. The fourth-order valence-electron chi connectivity index (χ4n) is 1.41. The van der Waals surface area contributed by atoms with Crippen LogP contribution in [-0.4, -0.2) is 19.1 Å². The lowest BCUT2D eigenvalue weighted by Crippen LogP contribution is -2.32. The molecule has 4 nitrogen and oxygen atoms in total. The van der Waals surface area contributed by atoms with E-state index in [1.165, 1.54) is 7.11 Å². The van der Waals surface area contributed by atoms with Gasteiger partial charge >= 0.3 is 0 Å². The van der Waals surface area contributed by atoms with Gasteiger partial charge in [-0.2, -0.15) is 0 Å². The molecule has 0 aliphatic rings. The van der Waals surface area contributed by atoms with Crippen molar-refractivity contribution in [2.45, 2.75) is 19.4 Å². The number of ether oxygens (including phenoxy) is 1. The minimum absolute atomic E-state index is 0.0594. The Labute approximate surface area is 101 Å². The van der Waals surface area contributed by atoms with Crippen molar-refractivity contribution < 1.29 is 9.53 Å². The molecule has 0 aliphatic heterocycles. The number of hydrogen-bond acceptors (Lipinski definition) is 3. The molecule has 0 saturated carbocycles. The Balaban J connectivity index is 2.77. The Hall–Kier alpha value is -2.15. The van der Waals surface area contributed by atoms with Gasteiger partial charge in [0, 0.05) is 18.0 Å². The molecule has 0 heterocycles. The maximum Gasteiger partial charge on any atom is 0.251 e. The van der Waals surface area contributed by atoms with Gasteiger partial charge in [-0.25, -0.2) is 0 Å². The van der Waals surface area contributed by atoms with Crippen LogP contribution in [0.5, 0.6) is 5.75 Å². The number of amides is 1. The van der Waals surface area contributed by atoms with E-state index in [1.807, 2.05) is 6.92 Å². The van der Waals surface area contributed by atoms with Crippen LogP contribution in [0.2, 0.25) is 0 Å². The van der Waals surface area contributed by atoms with Crippen LogP contribution in [-0.2, 0) is 0 Å². The summed E-state index contributed by atoms with van der Waals surface area (Å²) in [5.41, 5.74) is 6.65. The van der Waals surface area contributed by atoms with E-state index in [0.717, 1.165) is 0 Å². The maximum absolute atomic E-state index is 11.8. The summed E-state index contributed by atoms with van der Waals surface area (Å²) in [6.07, 6.45) is 5.67. The van der Waals surface area contributed by atoms with Crippen LogP contribution in [0.25, 0.3) is 0 Å². The highest BCUT2D eigenvalue weighted by molar-refractivity contribution is 5.95. The summed E-state index contributed by atoms with van der Waals surface area (Å²) in [5, 5.41) is 2.78. The monoisotopic (exact) mass is 232 g/mol. The van der Waals surface area contributed by atoms with Crippen molar-refractivity contribution in [1.82, 2.24) is 5.32 Å². The molecule has 1 atom stereocenters. The molecule has 1 aromatic rings. The van der Waals surface area contributed by atoms with Crippen molar-refractivity contribution in [2.24, 2.45) is 0 Å². The average molecular weight is 232 g/mol. The molecule has 90 valence electrons. The molecule has 0 aliphatic carbocycles. The van der Waals surface area contributed by atoms with E-state index < -0.39 is 0 Å². The van der Waals surface area contributed by atoms with Crippen LogP contribution in [0, 0.1) is 12.3 Å². The van der Waals surface area contributed by atoms with Gasteiger partial charge < -0.3 is 15.8 Å². The standard InChI is InChI=1S/C13H16N2O2/c1-4-5-9(2)15-13(16)10-6-7-12(17-3)11(14)8-10/h1,6-9H,5,14H2,2-3H3,(H,15,16). The van der Waals surface area contributed by atoms with Crippen LogP contribution in [0.3, 0.4) is 0 Å². The minimum atomic E-state index is -0.192. The zero-order valence-electron chi connectivity index (χ0n) is 9.99. The smallest absolute Gasteiger partial charge is 0.251 e. The average Bonchev–Trinajstić information content (AvgIpc) is 2.29. The van der Waals surface area contributed by atoms with Crippen molar-refractivity contribution in [1.29, 1.82) is 0 Å². The van der Waals surface area contributed by atoms with Crippen LogP contribution < -0.4 is 15.8 Å². The summed E-state index contributed by atoms with van der Waals surface area (Å²) in [7, 11) is 1.53.